The summed E-state index contributed by atoms with van der Waals surface area (Å²) >= 11 is 0. The Labute approximate surface area is 120 Å². The van der Waals surface area contributed by atoms with E-state index in [0.29, 0.717) is 19.8 Å². The summed E-state index contributed by atoms with van der Waals surface area (Å²) in [6.45, 7) is 3.23. The molecular weight excluding hydrogens is 254 g/mol. The molecule has 0 aromatic heterocycles. The first-order valence-electron chi connectivity index (χ1n) is 7.30. The fourth-order valence-electron chi connectivity index (χ4n) is 2.38. The molecular formula is C16H23NO3. The number of carbonyl (C=O) groups is 1. The van der Waals surface area contributed by atoms with Gasteiger partial charge in [0.15, 0.2) is 0 Å². The molecule has 1 saturated heterocycles. The third kappa shape index (κ3) is 4.32. The van der Waals surface area contributed by atoms with Gasteiger partial charge in [0, 0.05) is 6.42 Å². The van der Waals surface area contributed by atoms with Crippen molar-refractivity contribution in [2.24, 2.45) is 0 Å². The molecule has 1 aliphatic heterocycles. The summed E-state index contributed by atoms with van der Waals surface area (Å²) in [6.07, 6.45) is 3.35. The number of amides is 1. The lowest BCUT2D eigenvalue weighted by molar-refractivity contribution is -0.138. The summed E-state index contributed by atoms with van der Waals surface area (Å²) in [7, 11) is 0. The average Bonchev–Trinajstić information content (AvgIpc) is 2.71. The second kappa shape index (κ2) is 8.02. The number of rotatable bonds is 5. The number of benzene rings is 1. The lowest BCUT2D eigenvalue weighted by Gasteiger charge is -2.28. The summed E-state index contributed by atoms with van der Waals surface area (Å²) in [5, 5.41) is 0. The van der Waals surface area contributed by atoms with E-state index < -0.39 is 0 Å². The van der Waals surface area contributed by atoms with E-state index in [1.54, 1.807) is 0 Å². The zero-order valence-electron chi connectivity index (χ0n) is 12.1. The van der Waals surface area contributed by atoms with Crippen LogP contribution in [0.3, 0.4) is 0 Å². The summed E-state index contributed by atoms with van der Waals surface area (Å²) in [6, 6.07) is 10.3. The molecule has 0 bridgehead atoms. The maximum Gasteiger partial charge on any atom is 0.224 e. The van der Waals surface area contributed by atoms with E-state index in [2.05, 4.69) is 19.1 Å². The smallest absolute Gasteiger partial charge is 0.224 e. The van der Waals surface area contributed by atoms with E-state index >= 15 is 0 Å². The fourth-order valence-corrected chi connectivity index (χ4v) is 2.38. The predicted molar refractivity (Wildman–Crippen MR) is 77.1 cm³/mol. The van der Waals surface area contributed by atoms with Gasteiger partial charge in [0.2, 0.25) is 5.91 Å². The number of ether oxygens (including phenoxy) is 2. The average molecular weight is 277 g/mol. The second-order valence-corrected chi connectivity index (χ2v) is 5.13. The Morgan fingerprint density at radius 2 is 2.10 bits per heavy atom. The van der Waals surface area contributed by atoms with Crippen LogP contribution in [0, 0.1) is 0 Å². The van der Waals surface area contributed by atoms with E-state index in [9.17, 15) is 4.79 Å². The van der Waals surface area contributed by atoms with Crippen LogP contribution in [0.2, 0.25) is 0 Å². The van der Waals surface area contributed by atoms with Gasteiger partial charge in [0.05, 0.1) is 12.6 Å². The largest absolute Gasteiger partial charge is 0.353 e. The van der Waals surface area contributed by atoms with Crippen LogP contribution in [0.4, 0.5) is 0 Å². The highest BCUT2D eigenvalue weighted by atomic mass is 16.7. The Morgan fingerprint density at radius 3 is 2.85 bits per heavy atom. The van der Waals surface area contributed by atoms with Gasteiger partial charge >= 0.3 is 0 Å². The van der Waals surface area contributed by atoms with E-state index in [1.807, 2.05) is 23.1 Å². The Balaban J connectivity index is 2.03. The zero-order valence-corrected chi connectivity index (χ0v) is 12.1. The van der Waals surface area contributed by atoms with Crippen molar-refractivity contribution in [1.29, 1.82) is 0 Å². The second-order valence-electron chi connectivity index (χ2n) is 5.13. The molecule has 1 amide bonds. The van der Waals surface area contributed by atoms with Crippen LogP contribution in [0.15, 0.2) is 30.3 Å². The molecule has 1 fully saturated rings. The van der Waals surface area contributed by atoms with Gasteiger partial charge in [-0.2, -0.15) is 0 Å². The molecule has 110 valence electrons. The standard InChI is InChI=1S/C16H23NO3/c1-2-3-9-16(18)17-12-20-13-19-11-15(17)10-14-7-5-4-6-8-14/h4-8,15H,2-3,9-13H2,1H3/t15-/m0/s1. The third-order valence-electron chi connectivity index (χ3n) is 3.53. The SMILES string of the molecule is CCCCC(=O)N1COCOC[C@@H]1Cc1ccccc1. The highest BCUT2D eigenvalue weighted by Crippen LogP contribution is 2.14. The zero-order chi connectivity index (χ0) is 14.2. The molecule has 4 nitrogen and oxygen atoms in total. The first-order valence-corrected chi connectivity index (χ1v) is 7.30. The van der Waals surface area contributed by atoms with Crippen molar-refractivity contribution in [2.45, 2.75) is 38.6 Å². The van der Waals surface area contributed by atoms with Crippen molar-refractivity contribution in [3.05, 3.63) is 35.9 Å². The monoisotopic (exact) mass is 277 g/mol. The van der Waals surface area contributed by atoms with Gasteiger partial charge in [-0.15, -0.1) is 0 Å². The van der Waals surface area contributed by atoms with Gasteiger partial charge in [0.1, 0.15) is 13.5 Å². The van der Waals surface area contributed by atoms with Crippen LogP contribution in [0.1, 0.15) is 31.7 Å². The number of hydrogen-bond acceptors (Lipinski definition) is 3. The summed E-state index contributed by atoms with van der Waals surface area (Å²) < 4.78 is 10.8. The minimum atomic E-state index is 0.0595. The van der Waals surface area contributed by atoms with Gasteiger partial charge in [-0.3, -0.25) is 4.79 Å². The van der Waals surface area contributed by atoms with Gasteiger partial charge in [-0.1, -0.05) is 43.7 Å². The predicted octanol–water partition coefficient (Wildman–Crippen LogP) is 2.58. The molecule has 20 heavy (non-hydrogen) atoms. The van der Waals surface area contributed by atoms with E-state index in [0.717, 1.165) is 19.3 Å². The topological polar surface area (TPSA) is 38.8 Å². The van der Waals surface area contributed by atoms with Gasteiger partial charge in [-0.25, -0.2) is 0 Å². The van der Waals surface area contributed by atoms with E-state index in [4.69, 9.17) is 9.47 Å². The van der Waals surface area contributed by atoms with Crippen LogP contribution in [0.25, 0.3) is 0 Å². The van der Waals surface area contributed by atoms with Crippen molar-refractivity contribution in [2.75, 3.05) is 20.1 Å². The minimum Gasteiger partial charge on any atom is -0.353 e. The molecule has 0 radical (unpaired) electrons. The van der Waals surface area contributed by atoms with Gasteiger partial charge in [-0.05, 0) is 18.4 Å². The molecule has 1 aromatic carbocycles. The van der Waals surface area contributed by atoms with Gasteiger partial charge < -0.3 is 14.4 Å². The van der Waals surface area contributed by atoms with Crippen LogP contribution < -0.4 is 0 Å². The Kier molecular flexibility index (Phi) is 6.02. The van der Waals surface area contributed by atoms with E-state index in [-0.39, 0.29) is 18.7 Å². The summed E-state index contributed by atoms with van der Waals surface area (Å²) in [5.74, 6) is 0.165. The highest BCUT2D eigenvalue weighted by molar-refractivity contribution is 5.76. The molecule has 1 atom stereocenters. The summed E-state index contributed by atoms with van der Waals surface area (Å²) in [4.78, 5) is 14.1. The molecule has 0 aliphatic carbocycles. The molecule has 0 unspecified atom stereocenters. The third-order valence-corrected chi connectivity index (χ3v) is 3.53. The molecule has 4 heteroatoms. The maximum atomic E-state index is 12.3. The van der Waals surface area contributed by atoms with Crippen LogP contribution >= 0.6 is 0 Å². The Hall–Kier alpha value is -1.39. The molecule has 0 spiro atoms. The van der Waals surface area contributed by atoms with Crippen molar-refractivity contribution in [3.63, 3.8) is 0 Å². The molecule has 1 aromatic rings. The number of carbonyl (C=O) groups excluding carboxylic acids is 1. The molecule has 0 saturated carbocycles. The van der Waals surface area contributed by atoms with Crippen LogP contribution in [-0.2, 0) is 20.7 Å². The fraction of sp³-hybridized carbons (Fsp3) is 0.562. The van der Waals surface area contributed by atoms with Crippen molar-refractivity contribution in [3.8, 4) is 0 Å². The maximum absolute atomic E-state index is 12.3. The molecule has 2 rings (SSSR count). The molecule has 1 aliphatic rings. The quantitative estimate of drug-likeness (QED) is 0.830. The van der Waals surface area contributed by atoms with Crippen molar-refractivity contribution in [1.82, 2.24) is 4.90 Å². The first kappa shape index (κ1) is 15.0. The lowest BCUT2D eigenvalue weighted by Crippen LogP contribution is -2.43. The lowest BCUT2D eigenvalue weighted by atomic mass is 10.0. The Bertz CT molecular complexity index is 407. The Morgan fingerprint density at radius 1 is 1.30 bits per heavy atom. The highest BCUT2D eigenvalue weighted by Gasteiger charge is 2.26. The summed E-state index contributed by atoms with van der Waals surface area (Å²) in [5.41, 5.74) is 1.22. The molecule has 1 heterocycles. The minimum absolute atomic E-state index is 0.0595. The van der Waals surface area contributed by atoms with Gasteiger partial charge in [0.25, 0.3) is 0 Å². The number of hydrogen-bond donors (Lipinski definition) is 0. The van der Waals surface area contributed by atoms with Crippen molar-refractivity contribution >= 4 is 5.91 Å². The number of nitrogens with zero attached hydrogens (tertiary/aromatic N) is 1. The van der Waals surface area contributed by atoms with Crippen LogP contribution in [0.5, 0.6) is 0 Å². The number of unbranched alkanes of at least 4 members (excludes halogenated alkanes) is 1. The van der Waals surface area contributed by atoms with Crippen molar-refractivity contribution < 1.29 is 14.3 Å². The molecule has 0 N–H and O–H groups in total. The normalized spacial score (nSPS) is 19.6. The van der Waals surface area contributed by atoms with E-state index in [1.165, 1.54) is 5.56 Å². The van der Waals surface area contributed by atoms with Crippen LogP contribution in [-0.4, -0.2) is 37.0 Å². The first-order chi connectivity index (χ1) is 9.81.